The van der Waals surface area contributed by atoms with Crippen molar-refractivity contribution in [3.8, 4) is 0 Å². The van der Waals surface area contributed by atoms with E-state index in [1.165, 1.54) is 0 Å². The van der Waals surface area contributed by atoms with Crippen LogP contribution in [-0.4, -0.2) is 19.8 Å². The zero-order valence-electron chi connectivity index (χ0n) is 7.17. The van der Waals surface area contributed by atoms with E-state index in [4.69, 9.17) is 0 Å². The molecule has 0 atom stereocenters. The van der Waals surface area contributed by atoms with Crippen LogP contribution < -0.4 is 0 Å². The molecule has 0 aliphatic carbocycles. The molecule has 0 amide bonds. The van der Waals surface area contributed by atoms with Gasteiger partial charge in [-0.2, -0.15) is 0 Å². The van der Waals surface area contributed by atoms with Gasteiger partial charge in [0.2, 0.25) is 0 Å². The van der Waals surface area contributed by atoms with Crippen molar-refractivity contribution < 1.29 is 13.9 Å². The van der Waals surface area contributed by atoms with Crippen molar-refractivity contribution in [1.29, 1.82) is 0 Å². The van der Waals surface area contributed by atoms with Crippen LogP contribution in [0.15, 0.2) is 34.8 Å². The molecule has 0 radical (unpaired) electrons. The molecule has 1 aromatic rings. The molecule has 0 saturated carbocycles. The minimum atomic E-state index is -1.03. The van der Waals surface area contributed by atoms with Crippen LogP contribution in [0.4, 0.5) is 4.39 Å². The SMILES string of the molecule is Brc1ccccc1.COC(=O)CF. The first-order valence-corrected chi connectivity index (χ1v) is 4.33. The zero-order chi connectivity index (χ0) is 10.1. The van der Waals surface area contributed by atoms with Crippen molar-refractivity contribution in [3.05, 3.63) is 34.8 Å². The highest BCUT2D eigenvalue weighted by Gasteiger charge is 1.91. The first-order chi connectivity index (χ1) is 6.20. The van der Waals surface area contributed by atoms with Crippen LogP contribution in [0.5, 0.6) is 0 Å². The minimum absolute atomic E-state index is 0.824. The summed E-state index contributed by atoms with van der Waals surface area (Å²) in [5.41, 5.74) is 0. The van der Waals surface area contributed by atoms with Crippen LogP contribution in [0.2, 0.25) is 0 Å². The van der Waals surface area contributed by atoms with Crippen LogP contribution in [-0.2, 0) is 9.53 Å². The van der Waals surface area contributed by atoms with Crippen molar-refractivity contribution in [2.75, 3.05) is 13.8 Å². The number of carbonyl (C=O) groups excluding carboxylic acids is 1. The predicted molar refractivity (Wildman–Crippen MR) is 52.1 cm³/mol. The number of alkyl halides is 1. The summed E-state index contributed by atoms with van der Waals surface area (Å²) in [6, 6.07) is 9.97. The van der Waals surface area contributed by atoms with Gasteiger partial charge >= 0.3 is 5.97 Å². The normalized spacial score (nSPS) is 8.23. The molecular formula is C9H10BrFO2. The van der Waals surface area contributed by atoms with Gasteiger partial charge in [0.15, 0.2) is 6.67 Å². The third-order valence-electron chi connectivity index (χ3n) is 1.07. The molecule has 0 unspecified atom stereocenters. The van der Waals surface area contributed by atoms with Crippen molar-refractivity contribution in [3.63, 3.8) is 0 Å². The second-order valence-corrected chi connectivity index (χ2v) is 2.92. The van der Waals surface area contributed by atoms with Crippen molar-refractivity contribution in [1.82, 2.24) is 0 Å². The van der Waals surface area contributed by atoms with E-state index < -0.39 is 12.6 Å². The fourth-order valence-corrected chi connectivity index (χ4v) is 0.774. The van der Waals surface area contributed by atoms with E-state index in [9.17, 15) is 9.18 Å². The average Bonchev–Trinajstić information content (AvgIpc) is 2.19. The molecule has 0 aliphatic heterocycles. The first kappa shape index (κ1) is 12.1. The number of rotatable bonds is 1. The fourth-order valence-electron chi connectivity index (χ4n) is 0.469. The lowest BCUT2D eigenvalue weighted by Crippen LogP contribution is -2.00. The number of esters is 1. The molecule has 0 N–H and O–H groups in total. The topological polar surface area (TPSA) is 26.3 Å². The molecule has 4 heteroatoms. The maximum absolute atomic E-state index is 10.9. The van der Waals surface area contributed by atoms with Gasteiger partial charge in [-0.25, -0.2) is 9.18 Å². The van der Waals surface area contributed by atoms with E-state index in [1.54, 1.807) is 0 Å². The summed E-state index contributed by atoms with van der Waals surface area (Å²) in [4.78, 5) is 9.58. The van der Waals surface area contributed by atoms with Gasteiger partial charge in [0.1, 0.15) is 0 Å². The van der Waals surface area contributed by atoms with Crippen LogP contribution in [0.25, 0.3) is 0 Å². The van der Waals surface area contributed by atoms with Gasteiger partial charge < -0.3 is 4.74 Å². The largest absolute Gasteiger partial charge is 0.467 e. The van der Waals surface area contributed by atoms with E-state index >= 15 is 0 Å². The summed E-state index contributed by atoms with van der Waals surface area (Å²) in [5, 5.41) is 0. The van der Waals surface area contributed by atoms with Gasteiger partial charge in [-0.3, -0.25) is 0 Å². The summed E-state index contributed by atoms with van der Waals surface area (Å²) in [7, 11) is 1.14. The van der Waals surface area contributed by atoms with E-state index in [1.807, 2.05) is 30.3 Å². The molecule has 0 heterocycles. The highest BCUT2D eigenvalue weighted by atomic mass is 79.9. The molecule has 0 bridgehead atoms. The lowest BCUT2D eigenvalue weighted by atomic mass is 10.4. The molecule has 2 nitrogen and oxygen atoms in total. The maximum Gasteiger partial charge on any atom is 0.337 e. The van der Waals surface area contributed by atoms with Gasteiger partial charge in [-0.05, 0) is 12.1 Å². The molecule has 0 saturated heterocycles. The zero-order valence-corrected chi connectivity index (χ0v) is 8.75. The number of hydrogen-bond donors (Lipinski definition) is 0. The number of ether oxygens (including phenoxy) is 1. The third-order valence-corrected chi connectivity index (χ3v) is 1.60. The molecular weight excluding hydrogens is 239 g/mol. The molecule has 1 rings (SSSR count). The lowest BCUT2D eigenvalue weighted by molar-refractivity contribution is -0.141. The van der Waals surface area contributed by atoms with E-state index in [-0.39, 0.29) is 0 Å². The Balaban J connectivity index is 0.000000226. The standard InChI is InChI=1S/C6H5Br.C3H5FO2/c7-6-4-2-1-3-5-6;1-6-3(5)2-4/h1-5H;2H2,1H3. The van der Waals surface area contributed by atoms with Crippen molar-refractivity contribution in [2.45, 2.75) is 0 Å². The quantitative estimate of drug-likeness (QED) is 0.715. The van der Waals surface area contributed by atoms with E-state index in [2.05, 4.69) is 20.7 Å². The second-order valence-electron chi connectivity index (χ2n) is 2.01. The highest BCUT2D eigenvalue weighted by Crippen LogP contribution is 2.05. The Morgan fingerprint density at radius 2 is 2.00 bits per heavy atom. The van der Waals surface area contributed by atoms with Crippen LogP contribution in [0.1, 0.15) is 0 Å². The Morgan fingerprint density at radius 1 is 1.46 bits per heavy atom. The molecule has 0 aromatic heterocycles. The molecule has 0 spiro atoms. The minimum Gasteiger partial charge on any atom is -0.467 e. The van der Waals surface area contributed by atoms with Gasteiger partial charge in [-0.1, -0.05) is 34.1 Å². The van der Waals surface area contributed by atoms with E-state index in [0.717, 1.165) is 11.6 Å². The van der Waals surface area contributed by atoms with Gasteiger partial charge in [-0.15, -0.1) is 0 Å². The Kier molecular flexibility index (Phi) is 7.20. The van der Waals surface area contributed by atoms with Crippen molar-refractivity contribution in [2.24, 2.45) is 0 Å². The predicted octanol–water partition coefficient (Wildman–Crippen LogP) is 2.58. The Bertz CT molecular complexity index is 233. The molecule has 72 valence electrons. The highest BCUT2D eigenvalue weighted by molar-refractivity contribution is 9.10. The average molecular weight is 249 g/mol. The first-order valence-electron chi connectivity index (χ1n) is 3.54. The monoisotopic (exact) mass is 248 g/mol. The van der Waals surface area contributed by atoms with E-state index in [0.29, 0.717) is 0 Å². The summed E-state index contributed by atoms with van der Waals surface area (Å²) < 4.78 is 15.9. The number of methoxy groups -OCH3 is 1. The number of benzene rings is 1. The van der Waals surface area contributed by atoms with Crippen LogP contribution in [0, 0.1) is 0 Å². The number of hydrogen-bond acceptors (Lipinski definition) is 2. The lowest BCUT2D eigenvalue weighted by Gasteiger charge is -1.85. The number of halogens is 2. The third kappa shape index (κ3) is 7.46. The molecule has 0 aliphatic rings. The fraction of sp³-hybridized carbons (Fsp3) is 0.222. The Hall–Kier alpha value is -0.900. The molecule has 13 heavy (non-hydrogen) atoms. The van der Waals surface area contributed by atoms with Gasteiger partial charge in [0.05, 0.1) is 7.11 Å². The summed E-state index contributed by atoms with van der Waals surface area (Å²) in [6.45, 7) is -1.03. The summed E-state index contributed by atoms with van der Waals surface area (Å²) in [6.07, 6.45) is 0. The smallest absolute Gasteiger partial charge is 0.337 e. The Labute approximate surface area is 84.8 Å². The Morgan fingerprint density at radius 3 is 2.15 bits per heavy atom. The van der Waals surface area contributed by atoms with Crippen molar-refractivity contribution >= 4 is 21.9 Å². The van der Waals surface area contributed by atoms with Crippen LogP contribution in [0.3, 0.4) is 0 Å². The summed E-state index contributed by atoms with van der Waals surface area (Å²) >= 11 is 3.31. The molecule has 1 aromatic carbocycles. The maximum atomic E-state index is 10.9. The van der Waals surface area contributed by atoms with Gasteiger partial charge in [0.25, 0.3) is 0 Å². The summed E-state index contributed by atoms with van der Waals surface area (Å²) in [5.74, 6) is -0.824. The van der Waals surface area contributed by atoms with Gasteiger partial charge in [0, 0.05) is 4.47 Å². The molecule has 0 fully saturated rings. The second kappa shape index (κ2) is 7.73. The number of carbonyl (C=O) groups is 1. The van der Waals surface area contributed by atoms with Crippen LogP contribution >= 0.6 is 15.9 Å².